The molecule has 5 nitrogen and oxygen atoms in total. The lowest BCUT2D eigenvalue weighted by molar-refractivity contribution is -0.138. The lowest BCUT2D eigenvalue weighted by Gasteiger charge is -2.08. The predicted molar refractivity (Wildman–Crippen MR) is 94.4 cm³/mol. The van der Waals surface area contributed by atoms with Crippen molar-refractivity contribution in [1.29, 1.82) is 0 Å². The van der Waals surface area contributed by atoms with Crippen LogP contribution in [0.1, 0.15) is 0 Å². The molecule has 0 amide bonds. The first-order valence-corrected chi connectivity index (χ1v) is 7.59. The second kappa shape index (κ2) is 9.08. The highest BCUT2D eigenvalue weighted by molar-refractivity contribution is 5.83. The lowest BCUT2D eigenvalue weighted by Crippen LogP contribution is -2.10. The molecular weight excluding hydrogens is 320 g/mol. The summed E-state index contributed by atoms with van der Waals surface area (Å²) >= 11 is 0. The zero-order chi connectivity index (χ0) is 18.1. The highest BCUT2D eigenvalue weighted by Crippen LogP contribution is 2.24. The second-order valence-electron chi connectivity index (χ2n) is 4.89. The van der Waals surface area contributed by atoms with E-state index in [9.17, 15) is 9.59 Å². The maximum absolute atomic E-state index is 11.1. The van der Waals surface area contributed by atoms with E-state index in [-0.39, 0.29) is 13.2 Å². The van der Waals surface area contributed by atoms with Gasteiger partial charge in [0.2, 0.25) is 0 Å². The van der Waals surface area contributed by atoms with Gasteiger partial charge in [-0.3, -0.25) is 0 Å². The van der Waals surface area contributed by atoms with Gasteiger partial charge in [-0.05, 0) is 35.4 Å². The van der Waals surface area contributed by atoms with Gasteiger partial charge in [0.25, 0.3) is 0 Å². The maximum Gasteiger partial charge on any atom is 0.335 e. The average molecular weight is 338 g/mol. The minimum Gasteiger partial charge on any atom is -0.490 e. The highest BCUT2D eigenvalue weighted by atomic mass is 16.6. The van der Waals surface area contributed by atoms with Gasteiger partial charge in [0, 0.05) is 12.2 Å². The molecule has 0 aliphatic heterocycles. The fraction of sp³-hybridized carbons (Fsp3) is 0.100. The van der Waals surface area contributed by atoms with Gasteiger partial charge in [-0.1, -0.05) is 37.4 Å². The maximum atomic E-state index is 11.1. The summed E-state index contributed by atoms with van der Waals surface area (Å²) in [6.07, 6.45) is 2.23. The van der Waals surface area contributed by atoms with Gasteiger partial charge in [0.1, 0.15) is 24.7 Å². The molecule has 5 heteroatoms. The zero-order valence-electron chi connectivity index (χ0n) is 13.6. The molecule has 0 aliphatic carbocycles. The number of carbonyl (C=O) groups is 2. The Bertz CT molecular complexity index is 745. The minimum absolute atomic E-state index is 0.164. The smallest absolute Gasteiger partial charge is 0.335 e. The number of ether oxygens (including phenoxy) is 3. The second-order valence-corrected chi connectivity index (χ2v) is 4.89. The Morgan fingerprint density at radius 3 is 1.80 bits per heavy atom. The van der Waals surface area contributed by atoms with E-state index in [2.05, 4.69) is 13.2 Å². The van der Waals surface area contributed by atoms with E-state index in [0.29, 0.717) is 11.5 Å². The average Bonchev–Trinajstić information content (AvgIpc) is 2.66. The number of esters is 2. The molecule has 25 heavy (non-hydrogen) atoms. The SMILES string of the molecule is C=CC(=O)OCCOc1ccc(-c2ccc(OC(=O)C=C)cc2)cc1. The zero-order valence-corrected chi connectivity index (χ0v) is 13.6. The third kappa shape index (κ3) is 5.66. The summed E-state index contributed by atoms with van der Waals surface area (Å²) in [5.41, 5.74) is 1.97. The Hall–Kier alpha value is -3.34. The predicted octanol–water partition coefficient (Wildman–Crippen LogP) is 3.55. The first-order chi connectivity index (χ1) is 12.1. The molecule has 0 saturated carbocycles. The normalized spacial score (nSPS) is 9.76. The van der Waals surface area contributed by atoms with Gasteiger partial charge in [0.05, 0.1) is 0 Å². The van der Waals surface area contributed by atoms with Crippen molar-refractivity contribution in [3.63, 3.8) is 0 Å². The van der Waals surface area contributed by atoms with Crippen LogP contribution in [0.3, 0.4) is 0 Å². The Labute approximate surface area is 146 Å². The summed E-state index contributed by atoms with van der Waals surface area (Å²) < 4.78 is 15.4. The van der Waals surface area contributed by atoms with Gasteiger partial charge < -0.3 is 14.2 Å². The molecule has 0 atom stereocenters. The number of hydrogen-bond acceptors (Lipinski definition) is 5. The standard InChI is InChI=1S/C20H18O5/c1-3-19(21)24-14-13-23-17-9-5-15(6-10-17)16-7-11-18(12-8-16)25-20(22)4-2/h3-12H,1-2,13-14H2. The molecule has 0 fully saturated rings. The number of rotatable bonds is 8. The van der Waals surface area contributed by atoms with Gasteiger partial charge in [-0.2, -0.15) is 0 Å². The quantitative estimate of drug-likeness (QED) is 0.319. The van der Waals surface area contributed by atoms with Crippen molar-refractivity contribution in [3.8, 4) is 22.6 Å². The first kappa shape index (κ1) is 18.0. The van der Waals surface area contributed by atoms with Crippen LogP contribution in [0, 0.1) is 0 Å². The summed E-state index contributed by atoms with van der Waals surface area (Å²) in [6.45, 7) is 7.10. The summed E-state index contributed by atoms with van der Waals surface area (Å²) in [6, 6.07) is 14.6. The summed E-state index contributed by atoms with van der Waals surface area (Å²) in [5.74, 6) is 0.173. The van der Waals surface area contributed by atoms with Crippen LogP contribution in [0.4, 0.5) is 0 Å². The van der Waals surface area contributed by atoms with Gasteiger partial charge in [-0.15, -0.1) is 0 Å². The summed E-state index contributed by atoms with van der Waals surface area (Å²) in [5, 5.41) is 0. The van der Waals surface area contributed by atoms with Crippen molar-refractivity contribution in [1.82, 2.24) is 0 Å². The van der Waals surface area contributed by atoms with E-state index in [0.717, 1.165) is 23.3 Å². The van der Waals surface area contributed by atoms with E-state index >= 15 is 0 Å². The van der Waals surface area contributed by atoms with Crippen LogP contribution in [-0.2, 0) is 14.3 Å². The monoisotopic (exact) mass is 338 g/mol. The molecular formula is C20H18O5. The fourth-order valence-corrected chi connectivity index (χ4v) is 1.98. The van der Waals surface area contributed by atoms with Crippen molar-refractivity contribution in [2.24, 2.45) is 0 Å². The molecule has 0 aromatic heterocycles. The van der Waals surface area contributed by atoms with Crippen LogP contribution >= 0.6 is 0 Å². The number of carbonyl (C=O) groups excluding carboxylic acids is 2. The number of hydrogen-bond donors (Lipinski definition) is 0. The molecule has 0 saturated heterocycles. The number of benzene rings is 2. The Balaban J connectivity index is 1.90. The van der Waals surface area contributed by atoms with E-state index in [4.69, 9.17) is 14.2 Å². The Morgan fingerprint density at radius 2 is 1.28 bits per heavy atom. The molecule has 0 N–H and O–H groups in total. The van der Waals surface area contributed by atoms with E-state index in [1.54, 1.807) is 12.1 Å². The third-order valence-corrected chi connectivity index (χ3v) is 3.19. The van der Waals surface area contributed by atoms with Crippen molar-refractivity contribution < 1.29 is 23.8 Å². The van der Waals surface area contributed by atoms with Gasteiger partial charge in [-0.25, -0.2) is 9.59 Å². The van der Waals surface area contributed by atoms with Crippen molar-refractivity contribution >= 4 is 11.9 Å². The summed E-state index contributed by atoms with van der Waals surface area (Å²) in [4.78, 5) is 22.0. The van der Waals surface area contributed by atoms with Gasteiger partial charge >= 0.3 is 11.9 Å². The van der Waals surface area contributed by atoms with Crippen LogP contribution in [0.5, 0.6) is 11.5 Å². The third-order valence-electron chi connectivity index (χ3n) is 3.19. The van der Waals surface area contributed by atoms with Crippen molar-refractivity contribution in [2.75, 3.05) is 13.2 Å². The molecule has 2 aromatic rings. The molecule has 0 unspecified atom stereocenters. The van der Waals surface area contributed by atoms with Crippen LogP contribution < -0.4 is 9.47 Å². The van der Waals surface area contributed by atoms with Crippen molar-refractivity contribution in [3.05, 3.63) is 73.8 Å². The van der Waals surface area contributed by atoms with E-state index in [1.165, 1.54) is 0 Å². The molecule has 128 valence electrons. The Kier molecular flexibility index (Phi) is 6.54. The molecule has 0 aliphatic rings. The van der Waals surface area contributed by atoms with E-state index in [1.807, 2.05) is 36.4 Å². The molecule has 0 bridgehead atoms. The van der Waals surface area contributed by atoms with E-state index < -0.39 is 11.9 Å². The van der Waals surface area contributed by atoms with Crippen LogP contribution in [0.2, 0.25) is 0 Å². The van der Waals surface area contributed by atoms with Crippen LogP contribution in [0.25, 0.3) is 11.1 Å². The molecule has 0 heterocycles. The lowest BCUT2D eigenvalue weighted by atomic mass is 10.1. The fourth-order valence-electron chi connectivity index (χ4n) is 1.98. The Morgan fingerprint density at radius 1 is 0.760 bits per heavy atom. The van der Waals surface area contributed by atoms with Crippen molar-refractivity contribution in [2.45, 2.75) is 0 Å². The molecule has 2 aromatic carbocycles. The molecule has 0 spiro atoms. The minimum atomic E-state index is -0.493. The highest BCUT2D eigenvalue weighted by Gasteiger charge is 2.03. The van der Waals surface area contributed by atoms with Gasteiger partial charge in [0.15, 0.2) is 0 Å². The molecule has 0 radical (unpaired) electrons. The van der Waals surface area contributed by atoms with Crippen LogP contribution in [-0.4, -0.2) is 25.2 Å². The topological polar surface area (TPSA) is 61.8 Å². The van der Waals surface area contributed by atoms with Crippen LogP contribution in [0.15, 0.2) is 73.8 Å². The summed E-state index contributed by atoms with van der Waals surface area (Å²) in [7, 11) is 0. The molecule has 2 rings (SSSR count). The first-order valence-electron chi connectivity index (χ1n) is 7.59. The largest absolute Gasteiger partial charge is 0.490 e.